The van der Waals surface area contributed by atoms with E-state index in [1.54, 1.807) is 18.3 Å². The number of carboxylic acids is 1. The Kier molecular flexibility index (Phi) is 4.90. The van der Waals surface area contributed by atoms with Crippen molar-refractivity contribution in [3.8, 4) is 11.6 Å². The number of amides is 1. The number of hydrogen-bond acceptors (Lipinski definition) is 9. The highest BCUT2D eigenvalue weighted by Crippen LogP contribution is 2.24. The van der Waals surface area contributed by atoms with Crippen molar-refractivity contribution in [2.45, 2.75) is 24.7 Å². The number of hydrogen-bond donors (Lipinski definition) is 2. The van der Waals surface area contributed by atoms with Gasteiger partial charge in [0.25, 0.3) is 5.91 Å². The summed E-state index contributed by atoms with van der Waals surface area (Å²) in [5, 5.41) is 31.5. The third kappa shape index (κ3) is 3.64. The van der Waals surface area contributed by atoms with Crippen LogP contribution in [0.4, 0.5) is 5.82 Å². The monoisotopic (exact) mass is 405 g/mol. The topological polar surface area (TPSA) is 149 Å². The van der Waals surface area contributed by atoms with Crippen molar-refractivity contribution in [1.82, 2.24) is 20.0 Å². The summed E-state index contributed by atoms with van der Waals surface area (Å²) >= 11 is 0. The van der Waals surface area contributed by atoms with E-state index in [0.29, 0.717) is 24.8 Å². The summed E-state index contributed by atoms with van der Waals surface area (Å²) in [6.45, 7) is 2.26. The zero-order chi connectivity index (χ0) is 20.6. The van der Waals surface area contributed by atoms with Crippen LogP contribution in [-0.2, 0) is 19.1 Å². The Hall–Kier alpha value is -3.09. The minimum Gasteiger partial charge on any atom is -0.479 e. The zero-order valence-electron chi connectivity index (χ0n) is 15.5. The molecule has 2 aromatic heterocycles. The second kappa shape index (κ2) is 7.39. The number of morpholine rings is 1. The van der Waals surface area contributed by atoms with Crippen LogP contribution < -0.4 is 9.64 Å². The lowest BCUT2D eigenvalue weighted by Crippen LogP contribution is -2.60. The molecule has 1 amide bonds. The van der Waals surface area contributed by atoms with Crippen LogP contribution in [0.3, 0.4) is 0 Å². The number of carbonyl (C=O) groups excluding carboxylic acids is 1. The number of aliphatic carboxylic acids is 1. The molecule has 2 aromatic rings. The minimum absolute atomic E-state index is 0.0577. The van der Waals surface area contributed by atoms with E-state index >= 15 is 0 Å². The van der Waals surface area contributed by atoms with Crippen LogP contribution in [0.15, 0.2) is 24.5 Å². The van der Waals surface area contributed by atoms with Crippen LogP contribution in [0.5, 0.6) is 5.88 Å². The van der Waals surface area contributed by atoms with E-state index in [4.69, 9.17) is 14.2 Å². The number of carboxylic acid groups (broad SMARTS) is 1. The van der Waals surface area contributed by atoms with Crippen molar-refractivity contribution in [2.75, 3.05) is 31.3 Å². The van der Waals surface area contributed by atoms with Crippen LogP contribution in [-0.4, -0.2) is 86.2 Å². The molecule has 2 saturated heterocycles. The molecule has 2 aliphatic rings. The van der Waals surface area contributed by atoms with Gasteiger partial charge in [-0.2, -0.15) is 5.10 Å². The summed E-state index contributed by atoms with van der Waals surface area (Å²) in [5.41, 5.74) is -1.79. The van der Waals surface area contributed by atoms with E-state index < -0.39 is 23.6 Å². The molecule has 2 atom stereocenters. The second-order valence-electron chi connectivity index (χ2n) is 6.84. The van der Waals surface area contributed by atoms with Crippen molar-refractivity contribution in [3.63, 3.8) is 0 Å². The third-order valence-electron chi connectivity index (χ3n) is 4.66. The van der Waals surface area contributed by atoms with Gasteiger partial charge >= 0.3 is 5.97 Å². The van der Waals surface area contributed by atoms with Crippen LogP contribution in [0.2, 0.25) is 0 Å². The quantitative estimate of drug-likeness (QED) is 0.613. The van der Waals surface area contributed by atoms with E-state index in [-0.39, 0.29) is 25.1 Å². The molecule has 2 N–H and O–H groups in total. The number of carbonyl (C=O) groups is 2. The molecule has 154 valence electrons. The molecule has 0 bridgehead atoms. The van der Waals surface area contributed by atoms with Crippen LogP contribution >= 0.6 is 0 Å². The Balaban J connectivity index is 1.53. The molecule has 2 fully saturated rings. The van der Waals surface area contributed by atoms with Crippen LogP contribution in [0, 0.1) is 0 Å². The van der Waals surface area contributed by atoms with Gasteiger partial charge in [-0.3, -0.25) is 9.69 Å². The molecule has 4 heterocycles. The maximum Gasteiger partial charge on any atom is 0.338 e. The summed E-state index contributed by atoms with van der Waals surface area (Å²) in [6.07, 6.45) is 1.51. The van der Waals surface area contributed by atoms with Gasteiger partial charge in [-0.15, -0.1) is 10.2 Å². The maximum atomic E-state index is 12.7. The van der Waals surface area contributed by atoms with E-state index in [1.165, 1.54) is 15.8 Å². The van der Waals surface area contributed by atoms with Gasteiger partial charge in [0.15, 0.2) is 17.5 Å². The maximum absolute atomic E-state index is 12.7. The largest absolute Gasteiger partial charge is 0.479 e. The van der Waals surface area contributed by atoms with E-state index in [0.717, 1.165) is 6.92 Å². The fourth-order valence-corrected chi connectivity index (χ4v) is 2.90. The Morgan fingerprint density at radius 1 is 1.41 bits per heavy atom. The van der Waals surface area contributed by atoms with Crippen molar-refractivity contribution in [3.05, 3.63) is 24.5 Å². The second-order valence-corrected chi connectivity index (χ2v) is 6.84. The molecule has 4 rings (SSSR count). The first-order valence-corrected chi connectivity index (χ1v) is 8.88. The molecule has 29 heavy (non-hydrogen) atoms. The molecule has 0 spiro atoms. The van der Waals surface area contributed by atoms with Crippen LogP contribution in [0.1, 0.15) is 6.92 Å². The van der Waals surface area contributed by atoms with Crippen molar-refractivity contribution >= 4 is 17.7 Å². The first-order valence-electron chi connectivity index (χ1n) is 8.88. The van der Waals surface area contributed by atoms with Gasteiger partial charge in [-0.1, -0.05) is 0 Å². The molecule has 0 aromatic carbocycles. The van der Waals surface area contributed by atoms with Crippen molar-refractivity contribution < 1.29 is 34.0 Å². The predicted octanol–water partition coefficient (Wildman–Crippen LogP) is -0.993. The summed E-state index contributed by atoms with van der Waals surface area (Å²) in [7, 11) is 0. The van der Waals surface area contributed by atoms with Gasteiger partial charge in [-0.25, -0.2) is 9.48 Å². The smallest absolute Gasteiger partial charge is 0.338 e. The van der Waals surface area contributed by atoms with Gasteiger partial charge < -0.3 is 24.4 Å². The van der Waals surface area contributed by atoms with Gasteiger partial charge in [-0.05, 0) is 6.92 Å². The fraction of sp³-hybridized carbons (Fsp3) is 0.471. The molecule has 12 nitrogen and oxygen atoms in total. The van der Waals surface area contributed by atoms with Gasteiger partial charge in [0, 0.05) is 18.3 Å². The highest BCUT2D eigenvalue weighted by molar-refractivity contribution is 6.00. The fourth-order valence-electron chi connectivity index (χ4n) is 2.90. The molecule has 0 aliphatic carbocycles. The Morgan fingerprint density at radius 3 is 2.90 bits per heavy atom. The van der Waals surface area contributed by atoms with Crippen molar-refractivity contribution in [2.24, 2.45) is 0 Å². The first kappa shape index (κ1) is 19.2. The summed E-state index contributed by atoms with van der Waals surface area (Å²) in [5.74, 6) is -1.62. The number of ether oxygens (including phenoxy) is 3. The van der Waals surface area contributed by atoms with Crippen LogP contribution in [0.25, 0.3) is 5.69 Å². The molecule has 0 radical (unpaired) electrons. The highest BCUT2D eigenvalue weighted by atomic mass is 16.6. The molecule has 2 unspecified atom stereocenters. The molecular formula is C17H19N5O7. The Morgan fingerprint density at radius 2 is 2.21 bits per heavy atom. The standard InChI is InChI=1S/C17H19N5O7/c1-17(26,16(24)25)14-15(23)21(4-5-28-14)12-2-3-22(20-12)10-6-13(19-18-7-10)29-11-8-27-9-11/h2-3,6-7,11,14,26H,4-5,8-9H2,1H3,(H,24,25). The van der Waals surface area contributed by atoms with E-state index in [2.05, 4.69) is 15.3 Å². The Bertz CT molecular complexity index is 926. The number of rotatable bonds is 6. The lowest BCUT2D eigenvalue weighted by molar-refractivity contribution is -0.180. The van der Waals surface area contributed by atoms with Gasteiger partial charge in [0.2, 0.25) is 5.88 Å². The molecule has 12 heteroatoms. The Labute approximate surface area is 164 Å². The van der Waals surface area contributed by atoms with E-state index in [9.17, 15) is 19.8 Å². The van der Waals surface area contributed by atoms with Gasteiger partial charge in [0.1, 0.15) is 6.10 Å². The normalized spacial score (nSPS) is 22.1. The summed E-state index contributed by atoms with van der Waals surface area (Å²) < 4.78 is 17.4. The SMILES string of the molecule is CC(O)(C(=O)O)C1OCCN(c2ccn(-c3cnnc(OC4COC4)c3)n2)C1=O. The lowest BCUT2D eigenvalue weighted by atomic mass is 9.97. The lowest BCUT2D eigenvalue weighted by Gasteiger charge is -2.36. The molecule has 2 aliphatic heterocycles. The number of aromatic nitrogens is 4. The zero-order valence-corrected chi connectivity index (χ0v) is 15.5. The summed E-state index contributed by atoms with van der Waals surface area (Å²) in [4.78, 5) is 25.3. The van der Waals surface area contributed by atoms with Gasteiger partial charge in [0.05, 0.1) is 38.2 Å². The number of aliphatic hydroxyl groups is 1. The third-order valence-corrected chi connectivity index (χ3v) is 4.66. The first-order chi connectivity index (χ1) is 13.9. The van der Waals surface area contributed by atoms with Crippen molar-refractivity contribution in [1.29, 1.82) is 0 Å². The molecule has 0 saturated carbocycles. The summed E-state index contributed by atoms with van der Waals surface area (Å²) in [6, 6.07) is 3.25. The average Bonchev–Trinajstić information content (AvgIpc) is 3.15. The average molecular weight is 405 g/mol. The van der Waals surface area contributed by atoms with E-state index in [1.807, 2.05) is 0 Å². The minimum atomic E-state index is -2.36. The number of anilines is 1. The predicted molar refractivity (Wildman–Crippen MR) is 94.7 cm³/mol. The highest BCUT2D eigenvalue weighted by Gasteiger charge is 2.49. The molecular weight excluding hydrogens is 386 g/mol. The number of nitrogens with zero attached hydrogens (tertiary/aromatic N) is 5.